The Kier molecular flexibility index (Phi) is 9.15. The molecule has 0 radical (unpaired) electrons. The molecule has 0 fully saturated rings. The van der Waals surface area contributed by atoms with Crippen LogP contribution < -0.4 is 15.1 Å². The Balaban J connectivity index is 2.04. The van der Waals surface area contributed by atoms with Gasteiger partial charge in [-0.15, -0.1) is 0 Å². The molecule has 194 valence electrons. The van der Waals surface area contributed by atoms with Crippen molar-refractivity contribution in [2.24, 2.45) is 5.92 Å². The van der Waals surface area contributed by atoms with Crippen LogP contribution in [-0.2, 0) is 15.4 Å². The van der Waals surface area contributed by atoms with Gasteiger partial charge in [-0.25, -0.2) is 8.93 Å². The van der Waals surface area contributed by atoms with E-state index in [1.54, 1.807) is 0 Å². The molecule has 3 atom stereocenters. The van der Waals surface area contributed by atoms with Crippen molar-refractivity contribution in [2.45, 2.75) is 71.2 Å². The molecule has 0 aliphatic heterocycles. The highest BCUT2D eigenvalue weighted by Crippen LogP contribution is 2.38. The monoisotopic (exact) mass is 521 g/mol. The van der Waals surface area contributed by atoms with Gasteiger partial charge in [0, 0.05) is 12.6 Å². The maximum absolute atomic E-state index is 13.2. The van der Waals surface area contributed by atoms with Crippen molar-refractivity contribution in [1.29, 1.82) is 0 Å². The molecular formula is C31H43NO2SSi. The van der Waals surface area contributed by atoms with Crippen molar-refractivity contribution < 1.29 is 8.63 Å². The van der Waals surface area contributed by atoms with Gasteiger partial charge in [-0.3, -0.25) is 0 Å². The quantitative estimate of drug-likeness (QED) is 0.336. The Morgan fingerprint density at radius 1 is 0.806 bits per heavy atom. The summed E-state index contributed by atoms with van der Waals surface area (Å²) in [6.07, 6.45) is 0. The van der Waals surface area contributed by atoms with Gasteiger partial charge in [0.25, 0.3) is 8.32 Å². The molecule has 0 spiro atoms. The topological polar surface area (TPSA) is 38.3 Å². The average Bonchev–Trinajstić information content (AvgIpc) is 2.83. The van der Waals surface area contributed by atoms with Gasteiger partial charge < -0.3 is 4.43 Å². The first-order valence-corrected chi connectivity index (χ1v) is 15.9. The van der Waals surface area contributed by atoms with E-state index in [1.165, 1.54) is 21.5 Å². The van der Waals surface area contributed by atoms with Gasteiger partial charge in [-0.1, -0.05) is 113 Å². The molecule has 3 aromatic rings. The van der Waals surface area contributed by atoms with Crippen LogP contribution in [0.15, 0.2) is 84.9 Å². The van der Waals surface area contributed by atoms with E-state index < -0.39 is 19.3 Å². The normalized spacial score (nSPS) is 15.3. The summed E-state index contributed by atoms with van der Waals surface area (Å²) in [7, 11) is -3.86. The van der Waals surface area contributed by atoms with Crippen LogP contribution in [0.5, 0.6) is 0 Å². The first-order chi connectivity index (χ1) is 16.9. The highest BCUT2D eigenvalue weighted by Gasteiger charge is 2.50. The fraction of sp³-hybridized carbons (Fsp3) is 0.419. The fourth-order valence-electron chi connectivity index (χ4n) is 4.83. The minimum Gasteiger partial charge on any atom is -0.407 e. The molecule has 3 aromatic carbocycles. The van der Waals surface area contributed by atoms with Crippen LogP contribution in [-0.4, -0.2) is 23.9 Å². The van der Waals surface area contributed by atoms with Gasteiger partial charge in [0.1, 0.15) is 0 Å². The second kappa shape index (κ2) is 11.6. The maximum atomic E-state index is 13.2. The van der Waals surface area contributed by atoms with Crippen molar-refractivity contribution >= 4 is 29.7 Å². The highest BCUT2D eigenvalue weighted by atomic mass is 32.2. The largest absolute Gasteiger partial charge is 0.407 e. The van der Waals surface area contributed by atoms with Gasteiger partial charge >= 0.3 is 0 Å². The summed E-state index contributed by atoms with van der Waals surface area (Å²) in [4.78, 5) is 0. The van der Waals surface area contributed by atoms with Crippen molar-refractivity contribution in [3.8, 4) is 0 Å². The fourth-order valence-corrected chi connectivity index (χ4v) is 10.4. The number of hydrogen-bond acceptors (Lipinski definition) is 2. The van der Waals surface area contributed by atoms with E-state index >= 15 is 0 Å². The van der Waals surface area contributed by atoms with Crippen LogP contribution in [0.2, 0.25) is 5.04 Å². The number of aryl methyl sites for hydroxylation is 1. The summed E-state index contributed by atoms with van der Waals surface area (Å²) in [5, 5.41) is 2.46. The Morgan fingerprint density at radius 3 is 1.72 bits per heavy atom. The number of rotatable bonds is 9. The van der Waals surface area contributed by atoms with E-state index in [9.17, 15) is 4.21 Å². The highest BCUT2D eigenvalue weighted by molar-refractivity contribution is 7.84. The summed E-state index contributed by atoms with van der Waals surface area (Å²) >= 11 is 0. The third-order valence-corrected chi connectivity index (χ3v) is 13.4. The predicted octanol–water partition coefficient (Wildman–Crippen LogP) is 6.30. The SMILES string of the molecule is Cc1ccccc1[C@H](NS(=O)C(C)(C)C)[C@@H](C)CO[Si](c1ccccc1)(c1ccccc1)C(C)(C)C. The first kappa shape index (κ1) is 28.5. The predicted molar refractivity (Wildman–Crippen MR) is 158 cm³/mol. The van der Waals surface area contributed by atoms with E-state index in [0.29, 0.717) is 6.61 Å². The Labute approximate surface area is 222 Å². The maximum Gasteiger partial charge on any atom is 0.261 e. The molecule has 0 saturated heterocycles. The molecule has 3 rings (SSSR count). The van der Waals surface area contributed by atoms with Crippen LogP contribution in [0.25, 0.3) is 0 Å². The second-order valence-electron chi connectivity index (χ2n) is 11.8. The summed E-state index contributed by atoms with van der Waals surface area (Å²) in [6.45, 7) is 17.8. The molecule has 0 saturated carbocycles. The summed E-state index contributed by atoms with van der Waals surface area (Å²) < 4.78 is 23.6. The van der Waals surface area contributed by atoms with Gasteiger partial charge in [0.2, 0.25) is 0 Å². The Hall–Kier alpha value is -2.05. The number of benzene rings is 3. The molecule has 1 unspecified atom stereocenters. The zero-order valence-electron chi connectivity index (χ0n) is 23.2. The van der Waals surface area contributed by atoms with Gasteiger partial charge in [-0.05, 0) is 60.2 Å². The zero-order valence-corrected chi connectivity index (χ0v) is 25.0. The third kappa shape index (κ3) is 6.25. The van der Waals surface area contributed by atoms with Crippen LogP contribution in [0.4, 0.5) is 0 Å². The van der Waals surface area contributed by atoms with Gasteiger partial charge in [0.05, 0.1) is 15.7 Å². The van der Waals surface area contributed by atoms with E-state index in [0.717, 1.165) is 0 Å². The molecule has 5 heteroatoms. The second-order valence-corrected chi connectivity index (χ2v) is 18.1. The smallest absolute Gasteiger partial charge is 0.261 e. The minimum absolute atomic E-state index is 0.0881. The van der Waals surface area contributed by atoms with Crippen molar-refractivity contribution in [3.05, 3.63) is 96.1 Å². The standard InChI is InChI=1S/C31H43NO2SSi/c1-24-17-15-16-22-28(24)29(32-35(33)30(3,4)5)25(2)23-34-36(31(6,7)8,26-18-11-9-12-19-26)27-20-13-10-14-21-27/h9-22,25,29,32H,23H2,1-8H3/t25-,29+,35?/m0/s1. The summed E-state index contributed by atoms with van der Waals surface area (Å²) in [5.74, 6) is 0.0963. The lowest BCUT2D eigenvalue weighted by molar-refractivity contribution is 0.220. The molecule has 0 bridgehead atoms. The summed E-state index contributed by atoms with van der Waals surface area (Å²) in [5.41, 5.74) is 2.37. The Morgan fingerprint density at radius 2 is 1.28 bits per heavy atom. The van der Waals surface area contributed by atoms with E-state index in [4.69, 9.17) is 4.43 Å². The van der Waals surface area contributed by atoms with Crippen LogP contribution in [0, 0.1) is 12.8 Å². The van der Waals surface area contributed by atoms with Gasteiger partial charge in [0.15, 0.2) is 0 Å². The zero-order chi connectivity index (χ0) is 26.6. The van der Waals surface area contributed by atoms with Crippen molar-refractivity contribution in [3.63, 3.8) is 0 Å². The molecule has 0 heterocycles. The number of nitrogens with one attached hydrogen (secondary N) is 1. The lowest BCUT2D eigenvalue weighted by Gasteiger charge is -2.44. The van der Waals surface area contributed by atoms with Crippen LogP contribution >= 0.6 is 0 Å². The molecule has 0 amide bonds. The summed E-state index contributed by atoms with van der Waals surface area (Å²) in [6, 6.07) is 29.8. The molecule has 0 aliphatic rings. The molecular weight excluding hydrogens is 478 g/mol. The van der Waals surface area contributed by atoms with E-state index in [-0.39, 0.29) is 21.7 Å². The molecule has 36 heavy (non-hydrogen) atoms. The van der Waals surface area contributed by atoms with Crippen molar-refractivity contribution in [2.75, 3.05) is 6.61 Å². The third-order valence-electron chi connectivity index (χ3n) is 6.86. The average molecular weight is 522 g/mol. The molecule has 0 aromatic heterocycles. The van der Waals surface area contributed by atoms with E-state index in [2.05, 4.69) is 124 Å². The molecule has 1 N–H and O–H groups in total. The molecule has 0 aliphatic carbocycles. The number of hydrogen-bond donors (Lipinski definition) is 1. The lowest BCUT2D eigenvalue weighted by atomic mass is 9.93. The van der Waals surface area contributed by atoms with Crippen LogP contribution in [0.3, 0.4) is 0 Å². The van der Waals surface area contributed by atoms with Gasteiger partial charge in [-0.2, -0.15) is 0 Å². The first-order valence-electron chi connectivity index (χ1n) is 12.9. The van der Waals surface area contributed by atoms with Crippen molar-refractivity contribution in [1.82, 2.24) is 4.72 Å². The minimum atomic E-state index is -2.65. The van der Waals surface area contributed by atoms with E-state index in [1.807, 2.05) is 20.8 Å². The lowest BCUT2D eigenvalue weighted by Crippen LogP contribution is -2.67. The Bertz CT molecular complexity index is 1100. The molecule has 3 nitrogen and oxygen atoms in total. The van der Waals surface area contributed by atoms with Crippen LogP contribution in [0.1, 0.15) is 65.6 Å².